The average Bonchev–Trinajstić information content (AvgIpc) is 3.43. The number of thiophene rings is 1. The molecule has 6 aromatic rings. The molecule has 0 N–H and O–H groups in total. The SMILES string of the molecule is COC(C)(C)C#Cc1c2cc3ccccc3cc2c(C#CC(C)(C)OC)c2cc3sc(-c4ccc(C(C)(C)C)cc4)cc3cc12. The lowest BCUT2D eigenvalue weighted by atomic mass is 9.86. The first kappa shape index (κ1) is 30.9. The molecule has 0 aliphatic heterocycles. The number of ether oxygens (including phenoxy) is 2. The van der Waals surface area contributed by atoms with E-state index in [0.717, 1.165) is 32.7 Å². The molecular weight excluding hydrogens is 569 g/mol. The molecule has 0 radical (unpaired) electrons. The van der Waals surface area contributed by atoms with E-state index < -0.39 is 11.2 Å². The quantitative estimate of drug-likeness (QED) is 0.147. The average molecular weight is 609 g/mol. The lowest BCUT2D eigenvalue weighted by molar-refractivity contribution is 0.0739. The van der Waals surface area contributed by atoms with Crippen LogP contribution in [0.1, 0.15) is 65.2 Å². The van der Waals surface area contributed by atoms with Crippen LogP contribution in [-0.4, -0.2) is 25.4 Å². The summed E-state index contributed by atoms with van der Waals surface area (Å²) in [4.78, 5) is 1.25. The number of rotatable bonds is 3. The molecule has 6 rings (SSSR count). The predicted octanol–water partition coefficient (Wildman–Crippen LogP) is 10.9. The van der Waals surface area contributed by atoms with E-state index in [1.807, 2.05) is 39.0 Å². The van der Waals surface area contributed by atoms with Crippen molar-refractivity contribution in [2.24, 2.45) is 0 Å². The molecule has 226 valence electrons. The van der Waals surface area contributed by atoms with Crippen LogP contribution in [0.4, 0.5) is 0 Å². The lowest BCUT2D eigenvalue weighted by Crippen LogP contribution is -2.19. The highest BCUT2D eigenvalue weighted by Crippen LogP contribution is 2.41. The second-order valence-electron chi connectivity index (χ2n) is 13.8. The molecule has 0 saturated carbocycles. The van der Waals surface area contributed by atoms with Crippen LogP contribution in [0.15, 0.2) is 78.9 Å². The van der Waals surface area contributed by atoms with Crippen LogP contribution in [0.5, 0.6) is 0 Å². The molecule has 0 spiro atoms. The van der Waals surface area contributed by atoms with Crippen LogP contribution in [0.25, 0.3) is 52.8 Å². The van der Waals surface area contributed by atoms with Crippen LogP contribution in [0.3, 0.4) is 0 Å². The van der Waals surface area contributed by atoms with Crippen molar-refractivity contribution < 1.29 is 9.47 Å². The van der Waals surface area contributed by atoms with Crippen molar-refractivity contribution in [2.75, 3.05) is 14.2 Å². The first-order valence-corrected chi connectivity index (χ1v) is 16.2. The largest absolute Gasteiger partial charge is 0.366 e. The van der Waals surface area contributed by atoms with Gasteiger partial charge in [-0.05, 0) is 107 Å². The van der Waals surface area contributed by atoms with Gasteiger partial charge in [0, 0.05) is 40.3 Å². The van der Waals surface area contributed by atoms with E-state index in [9.17, 15) is 0 Å². The van der Waals surface area contributed by atoms with Crippen LogP contribution in [-0.2, 0) is 14.9 Å². The number of benzene rings is 5. The summed E-state index contributed by atoms with van der Waals surface area (Å²) in [6.45, 7) is 14.8. The molecule has 2 nitrogen and oxygen atoms in total. The van der Waals surface area contributed by atoms with Crippen molar-refractivity contribution in [3.8, 4) is 34.1 Å². The summed E-state index contributed by atoms with van der Waals surface area (Å²) in [5.41, 5.74) is 3.50. The molecular formula is C42H40O2S. The molecule has 0 aliphatic carbocycles. The third kappa shape index (κ3) is 6.10. The van der Waals surface area contributed by atoms with Crippen molar-refractivity contribution in [3.05, 3.63) is 95.6 Å². The van der Waals surface area contributed by atoms with Gasteiger partial charge in [-0.15, -0.1) is 11.3 Å². The Labute approximate surface area is 271 Å². The Morgan fingerprint density at radius 2 is 1.02 bits per heavy atom. The molecule has 1 heterocycles. The van der Waals surface area contributed by atoms with E-state index in [2.05, 4.69) is 123 Å². The predicted molar refractivity (Wildman–Crippen MR) is 194 cm³/mol. The fourth-order valence-electron chi connectivity index (χ4n) is 5.52. The second-order valence-corrected chi connectivity index (χ2v) is 14.9. The monoisotopic (exact) mass is 608 g/mol. The minimum Gasteiger partial charge on any atom is -0.366 e. The van der Waals surface area contributed by atoms with Gasteiger partial charge in [0.15, 0.2) is 0 Å². The second kappa shape index (κ2) is 11.3. The molecule has 0 bridgehead atoms. The Morgan fingerprint density at radius 1 is 0.556 bits per heavy atom. The summed E-state index contributed by atoms with van der Waals surface area (Å²) in [5.74, 6) is 14.0. The molecule has 0 saturated heterocycles. The molecule has 1 aromatic heterocycles. The van der Waals surface area contributed by atoms with Gasteiger partial charge in [-0.1, -0.05) is 93.0 Å². The molecule has 0 atom stereocenters. The zero-order valence-corrected chi connectivity index (χ0v) is 28.5. The van der Waals surface area contributed by atoms with E-state index in [1.165, 1.54) is 36.9 Å². The molecule has 0 aliphatic rings. The number of fused-ring (bicyclic) bond motifs is 4. The summed E-state index contributed by atoms with van der Waals surface area (Å²) in [6, 6.07) is 29.0. The number of hydrogen-bond donors (Lipinski definition) is 0. The Hall–Kier alpha value is -4.12. The molecule has 5 aromatic carbocycles. The maximum absolute atomic E-state index is 5.71. The fourth-order valence-corrected chi connectivity index (χ4v) is 6.61. The minimum atomic E-state index is -0.588. The zero-order valence-electron chi connectivity index (χ0n) is 27.7. The van der Waals surface area contributed by atoms with Gasteiger partial charge in [0.1, 0.15) is 11.2 Å². The maximum atomic E-state index is 5.71. The minimum absolute atomic E-state index is 0.118. The molecule has 45 heavy (non-hydrogen) atoms. The molecule has 0 unspecified atom stereocenters. The zero-order chi connectivity index (χ0) is 32.1. The fraction of sp³-hybridized carbons (Fsp3) is 0.286. The van der Waals surface area contributed by atoms with Crippen molar-refractivity contribution in [1.29, 1.82) is 0 Å². The Balaban J connectivity index is 1.71. The van der Waals surface area contributed by atoms with E-state index in [-0.39, 0.29) is 5.41 Å². The van der Waals surface area contributed by atoms with E-state index >= 15 is 0 Å². The van der Waals surface area contributed by atoms with Gasteiger partial charge in [0.25, 0.3) is 0 Å². The lowest BCUT2D eigenvalue weighted by Gasteiger charge is -2.18. The maximum Gasteiger partial charge on any atom is 0.123 e. The Bertz CT molecular complexity index is 2090. The van der Waals surface area contributed by atoms with Crippen molar-refractivity contribution in [2.45, 2.75) is 65.1 Å². The van der Waals surface area contributed by atoms with Gasteiger partial charge >= 0.3 is 0 Å². The number of hydrogen-bond acceptors (Lipinski definition) is 3. The van der Waals surface area contributed by atoms with Crippen LogP contribution in [0.2, 0.25) is 0 Å². The van der Waals surface area contributed by atoms with Gasteiger partial charge < -0.3 is 9.47 Å². The van der Waals surface area contributed by atoms with Crippen molar-refractivity contribution in [1.82, 2.24) is 0 Å². The number of methoxy groups -OCH3 is 2. The van der Waals surface area contributed by atoms with Crippen LogP contribution >= 0.6 is 11.3 Å². The standard InChI is InChI=1S/C42H40O2S/c1-40(2,3)31-16-14-27(15-17-31)38-25-30-24-36-32(18-20-41(4,5)43-8)34-22-28-12-10-11-13-29(28)23-35(34)33(19-21-42(6,7)44-9)37(36)26-39(30)45-38/h10-17,22-26H,1-9H3. The third-order valence-electron chi connectivity index (χ3n) is 8.65. The van der Waals surface area contributed by atoms with Crippen molar-refractivity contribution in [3.63, 3.8) is 0 Å². The van der Waals surface area contributed by atoms with E-state index in [4.69, 9.17) is 9.47 Å². The molecule has 0 amide bonds. The third-order valence-corrected chi connectivity index (χ3v) is 9.80. The van der Waals surface area contributed by atoms with Gasteiger partial charge in [0.05, 0.1) is 0 Å². The highest BCUT2D eigenvalue weighted by atomic mass is 32.1. The normalized spacial score (nSPS) is 12.4. The van der Waals surface area contributed by atoms with E-state index in [0.29, 0.717) is 0 Å². The summed E-state index contributed by atoms with van der Waals surface area (Å²) in [5, 5.41) is 7.92. The summed E-state index contributed by atoms with van der Waals surface area (Å²) >= 11 is 1.82. The molecule has 0 fully saturated rings. The van der Waals surface area contributed by atoms with Gasteiger partial charge in [-0.2, -0.15) is 0 Å². The van der Waals surface area contributed by atoms with Gasteiger partial charge in [-0.25, -0.2) is 0 Å². The van der Waals surface area contributed by atoms with E-state index in [1.54, 1.807) is 14.2 Å². The topological polar surface area (TPSA) is 18.5 Å². The van der Waals surface area contributed by atoms with Crippen molar-refractivity contribution >= 4 is 53.7 Å². The molecule has 3 heteroatoms. The highest BCUT2D eigenvalue weighted by molar-refractivity contribution is 7.22. The van der Waals surface area contributed by atoms with Crippen LogP contribution < -0.4 is 0 Å². The first-order chi connectivity index (χ1) is 21.3. The summed E-state index contributed by atoms with van der Waals surface area (Å²) < 4.78 is 12.6. The van der Waals surface area contributed by atoms with Gasteiger partial charge in [-0.3, -0.25) is 0 Å². The first-order valence-electron chi connectivity index (χ1n) is 15.4. The summed E-state index contributed by atoms with van der Waals surface area (Å²) in [6.07, 6.45) is 0. The Morgan fingerprint density at radius 3 is 1.49 bits per heavy atom. The van der Waals surface area contributed by atoms with Gasteiger partial charge in [0.2, 0.25) is 0 Å². The summed E-state index contributed by atoms with van der Waals surface area (Å²) in [7, 11) is 3.42. The smallest absolute Gasteiger partial charge is 0.123 e. The Kier molecular flexibility index (Phi) is 7.79. The van der Waals surface area contributed by atoms with Crippen LogP contribution in [0, 0.1) is 23.7 Å². The highest BCUT2D eigenvalue weighted by Gasteiger charge is 2.19.